The van der Waals surface area contributed by atoms with Crippen LogP contribution in [0.4, 0.5) is 0 Å². The van der Waals surface area contributed by atoms with E-state index in [2.05, 4.69) is 35.2 Å². The highest BCUT2D eigenvalue weighted by Crippen LogP contribution is 2.16. The first kappa shape index (κ1) is 14.3. The summed E-state index contributed by atoms with van der Waals surface area (Å²) in [6.45, 7) is 5.82. The van der Waals surface area contributed by atoms with E-state index in [-0.39, 0.29) is 0 Å². The van der Waals surface area contributed by atoms with Crippen LogP contribution < -0.4 is 11.1 Å². The first-order chi connectivity index (χ1) is 9.66. The van der Waals surface area contributed by atoms with Gasteiger partial charge in [0.05, 0.1) is 12.1 Å². The summed E-state index contributed by atoms with van der Waals surface area (Å²) in [5.41, 5.74) is 8.01. The van der Waals surface area contributed by atoms with E-state index < -0.39 is 0 Å². The first-order valence-corrected chi connectivity index (χ1v) is 7.03. The van der Waals surface area contributed by atoms with Crippen LogP contribution >= 0.6 is 0 Å². The summed E-state index contributed by atoms with van der Waals surface area (Å²) in [5.74, 6) is 1.17. The second kappa shape index (κ2) is 6.89. The van der Waals surface area contributed by atoms with Gasteiger partial charge in [-0.05, 0) is 30.0 Å². The smallest absolute Gasteiger partial charge is 0.188 e. The van der Waals surface area contributed by atoms with Crippen LogP contribution in [0, 0.1) is 5.92 Å². The highest BCUT2D eigenvalue weighted by Gasteiger charge is 2.01. The highest BCUT2D eigenvalue weighted by atomic mass is 15.1. The number of aromatic nitrogens is 1. The topological polar surface area (TPSA) is 63.3 Å². The fourth-order valence-corrected chi connectivity index (χ4v) is 2.01. The maximum Gasteiger partial charge on any atom is 0.188 e. The Morgan fingerprint density at radius 2 is 2.10 bits per heavy atom. The van der Waals surface area contributed by atoms with Crippen molar-refractivity contribution in [2.75, 3.05) is 6.54 Å². The van der Waals surface area contributed by atoms with Gasteiger partial charge in [0, 0.05) is 18.1 Å². The predicted molar refractivity (Wildman–Crippen MR) is 84.5 cm³/mol. The predicted octanol–water partition coefficient (Wildman–Crippen LogP) is 2.69. The standard InChI is InChI=1S/C16H22N4/c1-12(2)7-9-19-16(17)20-11-13-8-10-18-15-6-4-3-5-14(13)15/h3-6,8,10,12H,7,9,11H2,1-2H3,(H3,17,19,20). The van der Waals surface area contributed by atoms with Crippen LogP contribution in [0.2, 0.25) is 0 Å². The van der Waals surface area contributed by atoms with E-state index in [4.69, 9.17) is 5.73 Å². The van der Waals surface area contributed by atoms with Crippen molar-refractivity contribution < 1.29 is 0 Å². The molecule has 0 aliphatic heterocycles. The van der Waals surface area contributed by atoms with E-state index >= 15 is 0 Å². The number of fused-ring (bicyclic) bond motifs is 1. The molecule has 1 aromatic heterocycles. The molecule has 0 saturated carbocycles. The number of hydrogen-bond acceptors (Lipinski definition) is 2. The van der Waals surface area contributed by atoms with E-state index in [0.717, 1.165) is 29.4 Å². The molecule has 4 heteroatoms. The van der Waals surface area contributed by atoms with Gasteiger partial charge in [-0.15, -0.1) is 0 Å². The lowest BCUT2D eigenvalue weighted by Gasteiger charge is -2.08. The maximum absolute atomic E-state index is 5.88. The Balaban J connectivity index is 2.01. The monoisotopic (exact) mass is 270 g/mol. The number of nitrogens with one attached hydrogen (secondary N) is 1. The summed E-state index contributed by atoms with van der Waals surface area (Å²) in [7, 11) is 0. The van der Waals surface area contributed by atoms with Gasteiger partial charge in [-0.25, -0.2) is 4.99 Å². The molecule has 106 valence electrons. The maximum atomic E-state index is 5.88. The van der Waals surface area contributed by atoms with E-state index in [0.29, 0.717) is 18.4 Å². The molecule has 0 radical (unpaired) electrons. The summed E-state index contributed by atoms with van der Waals surface area (Å²) in [6, 6.07) is 10.1. The van der Waals surface area contributed by atoms with Crippen molar-refractivity contribution in [3.8, 4) is 0 Å². The Kier molecular flexibility index (Phi) is 4.93. The fourth-order valence-electron chi connectivity index (χ4n) is 2.01. The Morgan fingerprint density at radius 1 is 1.30 bits per heavy atom. The zero-order chi connectivity index (χ0) is 14.4. The normalized spacial score (nSPS) is 12.1. The van der Waals surface area contributed by atoms with Gasteiger partial charge < -0.3 is 11.1 Å². The number of guanidine groups is 1. The third-order valence-electron chi connectivity index (χ3n) is 3.19. The quantitative estimate of drug-likeness (QED) is 0.648. The molecule has 0 fully saturated rings. The zero-order valence-electron chi connectivity index (χ0n) is 12.1. The molecule has 2 rings (SSSR count). The molecule has 0 aliphatic rings. The largest absolute Gasteiger partial charge is 0.370 e. The summed E-state index contributed by atoms with van der Waals surface area (Å²) in [6.07, 6.45) is 2.91. The van der Waals surface area contributed by atoms with Gasteiger partial charge in [0.1, 0.15) is 0 Å². The van der Waals surface area contributed by atoms with Crippen molar-refractivity contribution in [1.29, 1.82) is 0 Å². The van der Waals surface area contributed by atoms with Gasteiger partial charge in [-0.1, -0.05) is 32.0 Å². The molecule has 0 aliphatic carbocycles. The minimum absolute atomic E-state index is 0.506. The third-order valence-corrected chi connectivity index (χ3v) is 3.19. The van der Waals surface area contributed by atoms with E-state index in [1.807, 2.05) is 30.5 Å². The van der Waals surface area contributed by atoms with Gasteiger partial charge >= 0.3 is 0 Å². The summed E-state index contributed by atoms with van der Waals surface area (Å²) in [4.78, 5) is 8.74. The molecule has 3 N–H and O–H groups in total. The zero-order valence-corrected chi connectivity index (χ0v) is 12.1. The third kappa shape index (κ3) is 3.95. The molecule has 1 aromatic carbocycles. The van der Waals surface area contributed by atoms with E-state index in [1.54, 1.807) is 0 Å². The molecule has 2 aromatic rings. The van der Waals surface area contributed by atoms with Gasteiger partial charge in [-0.2, -0.15) is 0 Å². The number of nitrogens with two attached hydrogens (primary N) is 1. The molecule has 0 unspecified atom stereocenters. The van der Waals surface area contributed by atoms with Crippen molar-refractivity contribution in [1.82, 2.24) is 10.3 Å². The molecule has 0 amide bonds. The van der Waals surface area contributed by atoms with Crippen molar-refractivity contribution in [3.63, 3.8) is 0 Å². The second-order valence-corrected chi connectivity index (χ2v) is 5.30. The number of benzene rings is 1. The fraction of sp³-hybridized carbons (Fsp3) is 0.375. The Labute approximate surface area is 120 Å². The van der Waals surface area contributed by atoms with Crippen LogP contribution in [-0.4, -0.2) is 17.5 Å². The lowest BCUT2D eigenvalue weighted by atomic mass is 10.1. The van der Waals surface area contributed by atoms with Crippen molar-refractivity contribution >= 4 is 16.9 Å². The summed E-state index contributed by atoms with van der Waals surface area (Å²) in [5, 5.41) is 4.28. The van der Waals surface area contributed by atoms with Crippen LogP contribution in [0.15, 0.2) is 41.5 Å². The van der Waals surface area contributed by atoms with E-state index in [1.165, 1.54) is 0 Å². The summed E-state index contributed by atoms with van der Waals surface area (Å²) >= 11 is 0. The SMILES string of the molecule is CC(C)CCNC(N)=NCc1ccnc2ccccc12. The Bertz CT molecular complexity index is 585. The number of pyridine rings is 1. The summed E-state index contributed by atoms with van der Waals surface area (Å²) < 4.78 is 0. The first-order valence-electron chi connectivity index (χ1n) is 7.03. The Morgan fingerprint density at radius 3 is 2.90 bits per heavy atom. The van der Waals surface area contributed by atoms with Crippen molar-refractivity contribution in [2.45, 2.75) is 26.8 Å². The van der Waals surface area contributed by atoms with Crippen LogP contribution in [0.5, 0.6) is 0 Å². The Hall–Kier alpha value is -2.10. The molecule has 0 spiro atoms. The number of para-hydroxylation sites is 1. The number of rotatable bonds is 5. The van der Waals surface area contributed by atoms with Crippen LogP contribution in [0.1, 0.15) is 25.8 Å². The van der Waals surface area contributed by atoms with Crippen LogP contribution in [-0.2, 0) is 6.54 Å². The van der Waals surface area contributed by atoms with Gasteiger partial charge in [-0.3, -0.25) is 4.98 Å². The van der Waals surface area contributed by atoms with Gasteiger partial charge in [0.25, 0.3) is 0 Å². The lowest BCUT2D eigenvalue weighted by Crippen LogP contribution is -2.32. The average Bonchev–Trinajstić information content (AvgIpc) is 2.44. The average molecular weight is 270 g/mol. The molecule has 4 nitrogen and oxygen atoms in total. The molecule has 0 saturated heterocycles. The van der Waals surface area contributed by atoms with Crippen LogP contribution in [0.25, 0.3) is 10.9 Å². The minimum atomic E-state index is 0.506. The van der Waals surface area contributed by atoms with E-state index in [9.17, 15) is 0 Å². The number of nitrogens with zero attached hydrogens (tertiary/aromatic N) is 2. The highest BCUT2D eigenvalue weighted by molar-refractivity contribution is 5.82. The molecule has 20 heavy (non-hydrogen) atoms. The van der Waals surface area contributed by atoms with Gasteiger partial charge in [0.2, 0.25) is 0 Å². The lowest BCUT2D eigenvalue weighted by molar-refractivity contribution is 0.576. The molecular formula is C16H22N4. The van der Waals surface area contributed by atoms with Crippen molar-refractivity contribution in [2.24, 2.45) is 16.6 Å². The number of aliphatic imine (C=N–C) groups is 1. The van der Waals surface area contributed by atoms with Crippen LogP contribution in [0.3, 0.4) is 0 Å². The molecule has 0 bridgehead atoms. The molecule has 0 atom stereocenters. The second-order valence-electron chi connectivity index (χ2n) is 5.30. The number of hydrogen-bond donors (Lipinski definition) is 2. The minimum Gasteiger partial charge on any atom is -0.370 e. The molecule has 1 heterocycles. The van der Waals surface area contributed by atoms with Gasteiger partial charge in [0.15, 0.2) is 5.96 Å². The van der Waals surface area contributed by atoms with Crippen molar-refractivity contribution in [3.05, 3.63) is 42.1 Å². The molecular weight excluding hydrogens is 248 g/mol.